The van der Waals surface area contributed by atoms with Crippen molar-refractivity contribution in [3.8, 4) is 0 Å². The van der Waals surface area contributed by atoms with Gasteiger partial charge in [-0.25, -0.2) is 0 Å². The summed E-state index contributed by atoms with van der Waals surface area (Å²) in [5.41, 5.74) is 1.82. The molecule has 1 fully saturated rings. The summed E-state index contributed by atoms with van der Waals surface area (Å²) in [6.07, 6.45) is 5.71. The van der Waals surface area contributed by atoms with Crippen molar-refractivity contribution in [2.24, 2.45) is 17.3 Å². The van der Waals surface area contributed by atoms with Gasteiger partial charge in [-0.3, -0.25) is 0 Å². The fourth-order valence-electron chi connectivity index (χ4n) is 3.22. The summed E-state index contributed by atoms with van der Waals surface area (Å²) < 4.78 is 0. The van der Waals surface area contributed by atoms with Crippen molar-refractivity contribution in [3.63, 3.8) is 0 Å². The van der Waals surface area contributed by atoms with Gasteiger partial charge in [-0.05, 0) is 37.5 Å². The van der Waals surface area contributed by atoms with Crippen LogP contribution in [0.2, 0.25) is 0 Å². The summed E-state index contributed by atoms with van der Waals surface area (Å²) in [6, 6.07) is 0. The molecule has 2 aliphatic rings. The van der Waals surface area contributed by atoms with E-state index in [4.69, 9.17) is 0 Å². The molecule has 0 aromatic heterocycles. The molecule has 0 aromatic rings. The van der Waals surface area contributed by atoms with Gasteiger partial charge >= 0.3 is 0 Å². The summed E-state index contributed by atoms with van der Waals surface area (Å²) in [6.45, 7) is 6.79. The zero-order valence-corrected chi connectivity index (χ0v) is 8.88. The Morgan fingerprint density at radius 1 is 1.46 bits per heavy atom. The Bertz CT molecular complexity index is 240. The highest BCUT2D eigenvalue weighted by molar-refractivity contribution is 5.14. The second-order valence-electron chi connectivity index (χ2n) is 5.50. The minimum absolute atomic E-state index is 0.0877. The maximum Gasteiger partial charge on any atom is 0.0610 e. The van der Waals surface area contributed by atoms with Gasteiger partial charge in [0.05, 0.1) is 6.10 Å². The molecule has 0 aliphatic heterocycles. The van der Waals surface area contributed by atoms with Crippen LogP contribution < -0.4 is 0 Å². The topological polar surface area (TPSA) is 20.2 Å². The Hall–Kier alpha value is -0.300. The zero-order valence-electron chi connectivity index (χ0n) is 8.88. The molecule has 13 heavy (non-hydrogen) atoms. The monoisotopic (exact) mass is 180 g/mol. The molecule has 1 heteroatoms. The molecule has 1 nitrogen and oxygen atoms in total. The average molecular weight is 180 g/mol. The van der Waals surface area contributed by atoms with Crippen LogP contribution in [0, 0.1) is 17.3 Å². The van der Waals surface area contributed by atoms with Crippen molar-refractivity contribution in [1.82, 2.24) is 0 Å². The molecule has 0 bridgehead atoms. The first-order valence-corrected chi connectivity index (χ1v) is 5.36. The molecule has 0 radical (unpaired) electrons. The smallest absolute Gasteiger partial charge is 0.0610 e. The molecular weight excluding hydrogens is 160 g/mol. The van der Waals surface area contributed by atoms with Crippen LogP contribution in [-0.2, 0) is 0 Å². The molecule has 2 rings (SSSR count). The second-order valence-corrected chi connectivity index (χ2v) is 5.50. The van der Waals surface area contributed by atoms with Crippen LogP contribution >= 0.6 is 0 Å². The summed E-state index contributed by atoms with van der Waals surface area (Å²) in [7, 11) is 0. The molecule has 0 spiro atoms. The number of hydrogen-bond acceptors (Lipinski definition) is 1. The van der Waals surface area contributed by atoms with Crippen molar-refractivity contribution in [1.29, 1.82) is 0 Å². The Labute approximate surface area is 80.8 Å². The van der Waals surface area contributed by atoms with Crippen LogP contribution in [0.25, 0.3) is 0 Å². The minimum atomic E-state index is -0.0877. The van der Waals surface area contributed by atoms with Gasteiger partial charge < -0.3 is 5.11 Å². The number of allylic oxidation sites excluding steroid dienone is 1. The highest BCUT2D eigenvalue weighted by atomic mass is 16.3. The average Bonchev–Trinajstić information content (AvgIpc) is 2.22. The second kappa shape index (κ2) is 2.84. The summed E-state index contributed by atoms with van der Waals surface area (Å²) in [5, 5.41) is 9.93. The normalized spacial score (nSPS) is 42.8. The third-order valence-corrected chi connectivity index (χ3v) is 3.97. The van der Waals surface area contributed by atoms with Crippen molar-refractivity contribution in [2.45, 2.75) is 46.1 Å². The minimum Gasteiger partial charge on any atom is -0.392 e. The lowest BCUT2D eigenvalue weighted by atomic mass is 9.72. The number of fused-ring (bicyclic) bond motifs is 1. The summed E-state index contributed by atoms with van der Waals surface area (Å²) in [4.78, 5) is 0. The van der Waals surface area contributed by atoms with Gasteiger partial charge in [0.25, 0.3) is 0 Å². The van der Waals surface area contributed by atoms with E-state index < -0.39 is 0 Å². The fourth-order valence-corrected chi connectivity index (χ4v) is 3.22. The molecule has 1 saturated carbocycles. The number of aliphatic hydroxyl groups excluding tert-OH is 1. The van der Waals surface area contributed by atoms with Crippen molar-refractivity contribution in [2.75, 3.05) is 0 Å². The maximum atomic E-state index is 9.93. The van der Waals surface area contributed by atoms with Crippen LogP contribution in [0.4, 0.5) is 0 Å². The van der Waals surface area contributed by atoms with Crippen molar-refractivity contribution in [3.05, 3.63) is 11.6 Å². The molecule has 2 aliphatic carbocycles. The number of hydrogen-bond donors (Lipinski definition) is 1. The van der Waals surface area contributed by atoms with Crippen LogP contribution in [0.3, 0.4) is 0 Å². The molecule has 0 saturated heterocycles. The highest BCUT2D eigenvalue weighted by Gasteiger charge is 2.47. The Kier molecular flexibility index (Phi) is 2.03. The maximum absolute atomic E-state index is 9.93. The van der Waals surface area contributed by atoms with Crippen LogP contribution in [0.5, 0.6) is 0 Å². The quantitative estimate of drug-likeness (QED) is 0.568. The van der Waals surface area contributed by atoms with E-state index >= 15 is 0 Å². The van der Waals surface area contributed by atoms with Crippen LogP contribution in [-0.4, -0.2) is 11.2 Å². The predicted octanol–water partition coefficient (Wildman–Crippen LogP) is 2.75. The van der Waals surface area contributed by atoms with E-state index in [0.29, 0.717) is 17.3 Å². The van der Waals surface area contributed by atoms with E-state index in [1.165, 1.54) is 18.4 Å². The highest BCUT2D eigenvalue weighted by Crippen LogP contribution is 2.51. The van der Waals surface area contributed by atoms with E-state index in [2.05, 4.69) is 26.8 Å². The van der Waals surface area contributed by atoms with E-state index in [0.717, 1.165) is 6.42 Å². The van der Waals surface area contributed by atoms with Crippen LogP contribution in [0.15, 0.2) is 11.6 Å². The lowest BCUT2D eigenvalue weighted by Gasteiger charge is -2.32. The molecule has 0 amide bonds. The van der Waals surface area contributed by atoms with Gasteiger partial charge in [0, 0.05) is 5.92 Å². The van der Waals surface area contributed by atoms with E-state index in [1.807, 2.05) is 0 Å². The Morgan fingerprint density at radius 2 is 2.15 bits per heavy atom. The first-order chi connectivity index (χ1) is 6.00. The molecule has 1 N–H and O–H groups in total. The molecule has 0 heterocycles. The van der Waals surface area contributed by atoms with Gasteiger partial charge in [-0.15, -0.1) is 0 Å². The molecule has 0 unspecified atom stereocenters. The third kappa shape index (κ3) is 1.43. The first kappa shape index (κ1) is 9.26. The van der Waals surface area contributed by atoms with Gasteiger partial charge in [-0.2, -0.15) is 0 Å². The Morgan fingerprint density at radius 3 is 2.85 bits per heavy atom. The van der Waals surface area contributed by atoms with Crippen molar-refractivity contribution >= 4 is 0 Å². The molecule has 74 valence electrons. The number of rotatable bonds is 0. The molecule has 3 atom stereocenters. The molecule has 0 aromatic carbocycles. The van der Waals surface area contributed by atoms with Gasteiger partial charge in [0.1, 0.15) is 0 Å². The van der Waals surface area contributed by atoms with E-state index in [9.17, 15) is 5.11 Å². The summed E-state index contributed by atoms with van der Waals surface area (Å²) in [5.74, 6) is 1.16. The van der Waals surface area contributed by atoms with Crippen molar-refractivity contribution < 1.29 is 5.11 Å². The Balaban J connectivity index is 2.27. The van der Waals surface area contributed by atoms with Gasteiger partial charge in [0.2, 0.25) is 0 Å². The van der Waals surface area contributed by atoms with E-state index in [-0.39, 0.29) is 6.10 Å². The summed E-state index contributed by atoms with van der Waals surface area (Å²) >= 11 is 0. The largest absolute Gasteiger partial charge is 0.392 e. The third-order valence-electron chi connectivity index (χ3n) is 3.97. The molecular formula is C12H20O. The lowest BCUT2D eigenvalue weighted by molar-refractivity contribution is 0.137. The SMILES string of the molecule is CC1=C[C@H]2[C@@H](O)CC(C)(C)[C@H]2CC1. The zero-order chi connectivity index (χ0) is 9.64. The first-order valence-electron chi connectivity index (χ1n) is 5.36. The number of aliphatic hydroxyl groups is 1. The van der Waals surface area contributed by atoms with Gasteiger partial charge in [-0.1, -0.05) is 25.5 Å². The van der Waals surface area contributed by atoms with Gasteiger partial charge in [0.15, 0.2) is 0 Å². The lowest BCUT2D eigenvalue weighted by Crippen LogP contribution is -2.25. The van der Waals surface area contributed by atoms with Crippen LogP contribution in [0.1, 0.15) is 40.0 Å². The van der Waals surface area contributed by atoms with E-state index in [1.54, 1.807) is 0 Å². The standard InChI is InChI=1S/C12H20O/c1-8-4-5-10-9(6-8)11(13)7-12(10,2)3/h6,9-11,13H,4-5,7H2,1-3H3/t9-,10+,11+/m1/s1. The predicted molar refractivity (Wildman–Crippen MR) is 54.4 cm³/mol. The fraction of sp³-hybridized carbons (Fsp3) is 0.833.